The van der Waals surface area contributed by atoms with Gasteiger partial charge in [0.15, 0.2) is 0 Å². The van der Waals surface area contributed by atoms with Gasteiger partial charge in [0.25, 0.3) is 0 Å². The number of nitrogens with zero attached hydrogens (tertiary/aromatic N) is 2. The van der Waals surface area contributed by atoms with Gasteiger partial charge >= 0.3 is 0 Å². The average molecular weight is 450 g/mol. The van der Waals surface area contributed by atoms with Crippen molar-refractivity contribution in [1.82, 2.24) is 10.2 Å². The third-order valence-corrected chi connectivity index (χ3v) is 7.51. The Morgan fingerprint density at radius 2 is 1.75 bits per heavy atom. The van der Waals surface area contributed by atoms with Gasteiger partial charge in [-0.3, -0.25) is 4.90 Å². The SMILES string of the molecule is CNCCC(Oc1ccccc1N1CCC(c2ccccc2)(N(C)C)CC1)c1ccsc1. The van der Waals surface area contributed by atoms with E-state index in [9.17, 15) is 0 Å². The second-order valence-corrected chi connectivity index (χ2v) is 9.58. The summed E-state index contributed by atoms with van der Waals surface area (Å²) in [4.78, 5) is 4.91. The van der Waals surface area contributed by atoms with Crippen LogP contribution >= 0.6 is 11.3 Å². The molecule has 0 bridgehead atoms. The largest absolute Gasteiger partial charge is 0.483 e. The predicted octanol–water partition coefficient (Wildman–Crippen LogP) is 5.54. The monoisotopic (exact) mass is 449 g/mol. The Labute approximate surface area is 196 Å². The van der Waals surface area contributed by atoms with E-state index in [1.54, 1.807) is 11.3 Å². The molecule has 3 aromatic rings. The number of rotatable bonds is 9. The highest BCUT2D eigenvalue weighted by molar-refractivity contribution is 7.07. The van der Waals surface area contributed by atoms with Crippen LogP contribution in [-0.4, -0.2) is 45.7 Å². The molecule has 32 heavy (non-hydrogen) atoms. The first kappa shape index (κ1) is 22.8. The van der Waals surface area contributed by atoms with E-state index in [2.05, 4.69) is 101 Å². The maximum Gasteiger partial charge on any atom is 0.143 e. The van der Waals surface area contributed by atoms with E-state index in [-0.39, 0.29) is 11.6 Å². The van der Waals surface area contributed by atoms with Crippen molar-refractivity contribution in [1.29, 1.82) is 0 Å². The van der Waals surface area contributed by atoms with Gasteiger partial charge in [-0.25, -0.2) is 0 Å². The minimum Gasteiger partial charge on any atom is -0.483 e. The van der Waals surface area contributed by atoms with Gasteiger partial charge in [-0.1, -0.05) is 42.5 Å². The van der Waals surface area contributed by atoms with Crippen LogP contribution in [0.4, 0.5) is 5.69 Å². The van der Waals surface area contributed by atoms with Crippen molar-refractivity contribution in [3.05, 3.63) is 82.6 Å². The Morgan fingerprint density at radius 3 is 2.41 bits per heavy atom. The van der Waals surface area contributed by atoms with Crippen molar-refractivity contribution < 1.29 is 4.74 Å². The van der Waals surface area contributed by atoms with Crippen molar-refractivity contribution >= 4 is 17.0 Å². The van der Waals surface area contributed by atoms with Crippen LogP contribution in [0.2, 0.25) is 0 Å². The van der Waals surface area contributed by atoms with E-state index < -0.39 is 0 Å². The van der Waals surface area contributed by atoms with Crippen molar-refractivity contribution in [2.24, 2.45) is 0 Å². The molecule has 1 N–H and O–H groups in total. The smallest absolute Gasteiger partial charge is 0.143 e. The third-order valence-electron chi connectivity index (χ3n) is 6.80. The van der Waals surface area contributed by atoms with Crippen LogP contribution in [0.15, 0.2) is 71.4 Å². The molecule has 5 heteroatoms. The number of benzene rings is 2. The van der Waals surface area contributed by atoms with Crippen molar-refractivity contribution in [2.75, 3.05) is 45.7 Å². The average Bonchev–Trinajstić information content (AvgIpc) is 3.37. The van der Waals surface area contributed by atoms with Crippen LogP contribution in [0.1, 0.15) is 36.5 Å². The molecule has 1 fully saturated rings. The highest BCUT2D eigenvalue weighted by atomic mass is 32.1. The highest BCUT2D eigenvalue weighted by Gasteiger charge is 2.38. The Morgan fingerprint density at radius 1 is 1.03 bits per heavy atom. The molecule has 0 aliphatic carbocycles. The summed E-state index contributed by atoms with van der Waals surface area (Å²) >= 11 is 1.73. The lowest BCUT2D eigenvalue weighted by molar-refractivity contribution is 0.115. The Hall–Kier alpha value is -2.34. The summed E-state index contributed by atoms with van der Waals surface area (Å²) in [6.45, 7) is 2.94. The molecular formula is C27H35N3OS. The molecule has 170 valence electrons. The molecule has 0 saturated carbocycles. The van der Waals surface area contributed by atoms with E-state index in [0.717, 1.165) is 44.6 Å². The van der Waals surface area contributed by atoms with Crippen LogP contribution < -0.4 is 15.0 Å². The summed E-state index contributed by atoms with van der Waals surface area (Å²) in [5.74, 6) is 0.983. The topological polar surface area (TPSA) is 27.7 Å². The summed E-state index contributed by atoms with van der Waals surface area (Å²) in [5, 5.41) is 7.60. The van der Waals surface area contributed by atoms with E-state index >= 15 is 0 Å². The van der Waals surface area contributed by atoms with Crippen LogP contribution in [0.5, 0.6) is 5.75 Å². The molecule has 1 atom stereocenters. The molecule has 1 saturated heterocycles. The minimum absolute atomic E-state index is 0.0600. The minimum atomic E-state index is 0.0600. The van der Waals surface area contributed by atoms with Gasteiger partial charge in [-0.15, -0.1) is 0 Å². The molecule has 1 aliphatic heterocycles. The summed E-state index contributed by atoms with van der Waals surface area (Å²) in [5.41, 5.74) is 3.96. The van der Waals surface area contributed by atoms with Gasteiger partial charge in [0.1, 0.15) is 11.9 Å². The maximum absolute atomic E-state index is 6.64. The summed E-state index contributed by atoms with van der Waals surface area (Å²) in [6, 6.07) is 21.7. The summed E-state index contributed by atoms with van der Waals surface area (Å²) in [6.07, 6.45) is 3.18. The predicted molar refractivity (Wildman–Crippen MR) is 136 cm³/mol. The number of thiophene rings is 1. The van der Waals surface area contributed by atoms with Crippen molar-refractivity contribution in [2.45, 2.75) is 30.9 Å². The molecule has 0 spiro atoms. The molecule has 0 amide bonds. The third kappa shape index (κ3) is 4.85. The lowest BCUT2D eigenvalue weighted by Gasteiger charge is -2.47. The Kier molecular flexibility index (Phi) is 7.51. The van der Waals surface area contributed by atoms with Crippen LogP contribution in [0, 0.1) is 0 Å². The Bertz CT molecular complexity index is 950. The first-order valence-electron chi connectivity index (χ1n) is 11.5. The number of nitrogens with one attached hydrogen (secondary N) is 1. The zero-order chi connectivity index (χ0) is 22.4. The number of piperidine rings is 1. The zero-order valence-electron chi connectivity index (χ0n) is 19.5. The van der Waals surface area contributed by atoms with Crippen molar-refractivity contribution in [3.8, 4) is 5.75 Å². The number of hydrogen-bond donors (Lipinski definition) is 1. The molecule has 4 rings (SSSR count). The van der Waals surface area contributed by atoms with Crippen molar-refractivity contribution in [3.63, 3.8) is 0 Å². The normalized spacial score (nSPS) is 16.8. The molecule has 1 aliphatic rings. The Balaban J connectivity index is 1.53. The van der Waals surface area contributed by atoms with Gasteiger partial charge in [-0.05, 0) is 75.1 Å². The van der Waals surface area contributed by atoms with Gasteiger partial charge < -0.3 is 15.0 Å². The van der Waals surface area contributed by atoms with E-state index in [1.807, 2.05) is 7.05 Å². The van der Waals surface area contributed by atoms with E-state index in [4.69, 9.17) is 4.74 Å². The molecule has 0 radical (unpaired) electrons. The van der Waals surface area contributed by atoms with Gasteiger partial charge in [0.05, 0.1) is 5.69 Å². The lowest BCUT2D eigenvalue weighted by Crippen LogP contribution is -2.50. The summed E-state index contributed by atoms with van der Waals surface area (Å²) in [7, 11) is 6.43. The second-order valence-electron chi connectivity index (χ2n) is 8.80. The first-order valence-corrected chi connectivity index (χ1v) is 12.5. The van der Waals surface area contributed by atoms with Crippen LogP contribution in [0.3, 0.4) is 0 Å². The van der Waals surface area contributed by atoms with Crippen LogP contribution in [-0.2, 0) is 5.54 Å². The second kappa shape index (κ2) is 10.5. The number of hydrogen-bond acceptors (Lipinski definition) is 5. The summed E-state index contributed by atoms with van der Waals surface area (Å²) < 4.78 is 6.64. The molecule has 1 unspecified atom stereocenters. The van der Waals surface area contributed by atoms with Gasteiger partial charge in [0, 0.05) is 30.6 Å². The molecule has 2 heterocycles. The first-order chi connectivity index (χ1) is 15.6. The fourth-order valence-electron chi connectivity index (χ4n) is 4.86. The zero-order valence-corrected chi connectivity index (χ0v) is 20.3. The van der Waals surface area contributed by atoms with E-state index in [1.165, 1.54) is 16.8 Å². The molecule has 1 aromatic heterocycles. The molecule has 4 nitrogen and oxygen atoms in total. The number of para-hydroxylation sites is 2. The van der Waals surface area contributed by atoms with E-state index in [0.29, 0.717) is 0 Å². The van der Waals surface area contributed by atoms with Gasteiger partial charge in [0.2, 0.25) is 0 Å². The molecule has 2 aromatic carbocycles. The fraction of sp³-hybridized carbons (Fsp3) is 0.407. The number of ether oxygens (including phenoxy) is 1. The fourth-order valence-corrected chi connectivity index (χ4v) is 5.56. The maximum atomic E-state index is 6.64. The highest BCUT2D eigenvalue weighted by Crippen LogP contribution is 2.41. The van der Waals surface area contributed by atoms with Crippen LogP contribution in [0.25, 0.3) is 0 Å². The van der Waals surface area contributed by atoms with Gasteiger partial charge in [-0.2, -0.15) is 11.3 Å². The lowest BCUT2D eigenvalue weighted by atomic mass is 9.79. The number of anilines is 1. The molecular weight excluding hydrogens is 414 g/mol. The quantitative estimate of drug-likeness (QED) is 0.464. The standard InChI is InChI=1S/C27H35N3OS/c1-28-17-13-25(22-14-20-32-21-22)31-26-12-8-7-11-24(26)30-18-15-27(16-19-30,29(2)3)23-9-5-4-6-10-23/h4-12,14,20-21,25,28H,13,15-19H2,1-3H3.